The first-order chi connectivity index (χ1) is 10.1. The van der Waals surface area contributed by atoms with Crippen molar-refractivity contribution in [3.05, 3.63) is 0 Å². The molecule has 1 heterocycles. The smallest absolute Gasteiger partial charge is 0.245 e. The Morgan fingerprint density at radius 1 is 1.29 bits per heavy atom. The van der Waals surface area contributed by atoms with Gasteiger partial charge < -0.3 is 19.7 Å². The van der Waals surface area contributed by atoms with Gasteiger partial charge in [0.25, 0.3) is 0 Å². The van der Waals surface area contributed by atoms with Crippen LogP contribution in [0.2, 0.25) is 0 Å². The molecule has 122 valence electrons. The molecule has 0 aromatic carbocycles. The van der Waals surface area contributed by atoms with E-state index in [4.69, 9.17) is 9.47 Å². The van der Waals surface area contributed by atoms with Gasteiger partial charge in [0.2, 0.25) is 11.8 Å². The highest BCUT2D eigenvalue weighted by Gasteiger charge is 2.32. The highest BCUT2D eigenvalue weighted by atomic mass is 16.5. The molecule has 21 heavy (non-hydrogen) atoms. The molecule has 0 aromatic rings. The van der Waals surface area contributed by atoms with Gasteiger partial charge in [-0.25, -0.2) is 0 Å². The first-order valence-electron chi connectivity index (χ1n) is 7.76. The number of hydrogen-bond acceptors (Lipinski definition) is 4. The summed E-state index contributed by atoms with van der Waals surface area (Å²) in [5, 5.41) is 2.82. The number of methoxy groups -OCH3 is 1. The maximum Gasteiger partial charge on any atom is 0.245 e. The highest BCUT2D eigenvalue weighted by molar-refractivity contribution is 5.90. The lowest BCUT2D eigenvalue weighted by Gasteiger charge is -2.28. The van der Waals surface area contributed by atoms with Crippen LogP contribution >= 0.6 is 0 Å². The zero-order valence-electron chi connectivity index (χ0n) is 13.4. The Kier molecular flexibility index (Phi) is 8.30. The molecule has 1 rings (SSSR count). The monoisotopic (exact) mass is 300 g/mol. The first-order valence-corrected chi connectivity index (χ1v) is 7.76. The number of carbonyl (C=O) groups is 2. The van der Waals surface area contributed by atoms with Gasteiger partial charge in [-0.1, -0.05) is 13.3 Å². The summed E-state index contributed by atoms with van der Waals surface area (Å²) in [6, 6.07) is -0.470. The third-order valence-corrected chi connectivity index (χ3v) is 3.62. The highest BCUT2D eigenvalue weighted by Crippen LogP contribution is 2.13. The molecular weight excluding hydrogens is 272 g/mol. The molecular formula is C15H28N2O4. The van der Waals surface area contributed by atoms with Crippen LogP contribution in [-0.4, -0.2) is 62.3 Å². The lowest BCUT2D eigenvalue weighted by Crippen LogP contribution is -2.47. The minimum absolute atomic E-state index is 0.00990. The standard InChI is InChI=1S/C15H28N2O4/c1-4-6-13-15(19)17(12(2)11-14(18)16-13)7-10-21-9-5-8-20-3/h12-13H,4-11H2,1-3H3,(H,16,18). The number of nitrogens with one attached hydrogen (secondary N) is 1. The van der Waals surface area contributed by atoms with Crippen molar-refractivity contribution < 1.29 is 19.1 Å². The van der Waals surface area contributed by atoms with Crippen LogP contribution in [0, 0.1) is 0 Å². The number of amides is 2. The Morgan fingerprint density at radius 2 is 2.05 bits per heavy atom. The molecule has 1 aliphatic rings. The van der Waals surface area contributed by atoms with E-state index in [1.54, 1.807) is 12.0 Å². The van der Waals surface area contributed by atoms with Crippen molar-refractivity contribution in [3.63, 3.8) is 0 Å². The molecule has 0 radical (unpaired) electrons. The van der Waals surface area contributed by atoms with E-state index in [0.29, 0.717) is 39.2 Å². The number of ether oxygens (including phenoxy) is 2. The van der Waals surface area contributed by atoms with E-state index in [1.165, 1.54) is 0 Å². The molecule has 1 N–H and O–H groups in total. The first kappa shape index (κ1) is 17.9. The lowest BCUT2D eigenvalue weighted by atomic mass is 10.1. The van der Waals surface area contributed by atoms with Gasteiger partial charge in [-0.05, 0) is 19.8 Å². The Hall–Kier alpha value is -1.14. The SMILES string of the molecule is CCCC1NC(=O)CC(C)N(CCOCCCOC)C1=O. The number of carbonyl (C=O) groups excluding carboxylic acids is 2. The van der Waals surface area contributed by atoms with Crippen molar-refractivity contribution in [1.82, 2.24) is 10.2 Å². The maximum absolute atomic E-state index is 12.5. The molecule has 1 saturated heterocycles. The van der Waals surface area contributed by atoms with Gasteiger partial charge in [0.15, 0.2) is 0 Å². The van der Waals surface area contributed by atoms with E-state index >= 15 is 0 Å². The molecule has 0 aromatic heterocycles. The molecule has 0 saturated carbocycles. The summed E-state index contributed by atoms with van der Waals surface area (Å²) in [6.07, 6.45) is 2.75. The topological polar surface area (TPSA) is 67.9 Å². The lowest BCUT2D eigenvalue weighted by molar-refractivity contribution is -0.135. The fourth-order valence-electron chi connectivity index (χ4n) is 2.50. The van der Waals surface area contributed by atoms with Gasteiger partial charge in [0.05, 0.1) is 6.61 Å². The fraction of sp³-hybridized carbons (Fsp3) is 0.867. The number of nitrogens with zero attached hydrogens (tertiary/aromatic N) is 1. The molecule has 1 fully saturated rings. The quantitative estimate of drug-likeness (QED) is 0.644. The van der Waals surface area contributed by atoms with Crippen molar-refractivity contribution >= 4 is 11.8 Å². The second-order valence-electron chi connectivity index (χ2n) is 5.45. The van der Waals surface area contributed by atoms with Crippen molar-refractivity contribution in [3.8, 4) is 0 Å². The van der Waals surface area contributed by atoms with Crippen LogP contribution in [0.5, 0.6) is 0 Å². The Morgan fingerprint density at radius 3 is 2.71 bits per heavy atom. The summed E-state index contributed by atoms with van der Waals surface area (Å²) in [7, 11) is 1.66. The third-order valence-electron chi connectivity index (χ3n) is 3.62. The van der Waals surface area contributed by atoms with Crippen LogP contribution in [0.15, 0.2) is 0 Å². The predicted octanol–water partition coefficient (Wildman–Crippen LogP) is 0.945. The third kappa shape index (κ3) is 6.01. The zero-order valence-corrected chi connectivity index (χ0v) is 13.4. The minimum atomic E-state index is -0.388. The second-order valence-corrected chi connectivity index (χ2v) is 5.45. The van der Waals surface area contributed by atoms with Crippen molar-refractivity contribution in [2.24, 2.45) is 0 Å². The fourth-order valence-corrected chi connectivity index (χ4v) is 2.50. The van der Waals surface area contributed by atoms with Gasteiger partial charge in [-0.2, -0.15) is 0 Å². The summed E-state index contributed by atoms with van der Waals surface area (Å²) < 4.78 is 10.5. The number of rotatable bonds is 9. The normalized spacial score (nSPS) is 23.1. The molecule has 2 atom stereocenters. The molecule has 0 bridgehead atoms. The molecule has 2 amide bonds. The second kappa shape index (κ2) is 9.73. The van der Waals surface area contributed by atoms with E-state index in [9.17, 15) is 9.59 Å². The van der Waals surface area contributed by atoms with Crippen LogP contribution in [0.25, 0.3) is 0 Å². The molecule has 0 spiro atoms. The maximum atomic E-state index is 12.5. The van der Waals surface area contributed by atoms with Crippen LogP contribution in [0.3, 0.4) is 0 Å². The van der Waals surface area contributed by atoms with E-state index < -0.39 is 0 Å². The minimum Gasteiger partial charge on any atom is -0.385 e. The average molecular weight is 300 g/mol. The van der Waals surface area contributed by atoms with E-state index in [2.05, 4.69) is 5.32 Å². The molecule has 6 heteroatoms. The van der Waals surface area contributed by atoms with Gasteiger partial charge in [0, 0.05) is 39.3 Å². The summed E-state index contributed by atoms with van der Waals surface area (Å²) in [4.78, 5) is 26.0. The molecule has 2 unspecified atom stereocenters. The molecule has 6 nitrogen and oxygen atoms in total. The van der Waals surface area contributed by atoms with Crippen molar-refractivity contribution in [2.45, 2.75) is 51.6 Å². The Balaban J connectivity index is 2.47. The predicted molar refractivity (Wildman–Crippen MR) is 79.9 cm³/mol. The number of hydrogen-bond donors (Lipinski definition) is 1. The van der Waals surface area contributed by atoms with Gasteiger partial charge in [0.1, 0.15) is 6.04 Å². The molecule has 1 aliphatic heterocycles. The Bertz CT molecular complexity index is 336. The van der Waals surface area contributed by atoms with Gasteiger partial charge in [-0.15, -0.1) is 0 Å². The average Bonchev–Trinajstić information content (AvgIpc) is 2.53. The van der Waals surface area contributed by atoms with Gasteiger partial charge >= 0.3 is 0 Å². The van der Waals surface area contributed by atoms with Crippen LogP contribution in [-0.2, 0) is 19.1 Å². The van der Waals surface area contributed by atoms with E-state index in [0.717, 1.165) is 12.8 Å². The van der Waals surface area contributed by atoms with Crippen LogP contribution < -0.4 is 5.32 Å². The summed E-state index contributed by atoms with van der Waals surface area (Å²) in [5.74, 6) is -0.0338. The van der Waals surface area contributed by atoms with Gasteiger partial charge in [-0.3, -0.25) is 9.59 Å². The summed E-state index contributed by atoms with van der Waals surface area (Å²) in [6.45, 7) is 6.25. The van der Waals surface area contributed by atoms with Crippen molar-refractivity contribution in [2.75, 3.05) is 33.5 Å². The zero-order chi connectivity index (χ0) is 15.7. The van der Waals surface area contributed by atoms with E-state index in [-0.39, 0.29) is 23.9 Å². The Labute approximate surface area is 127 Å². The van der Waals surface area contributed by atoms with Crippen molar-refractivity contribution in [1.29, 1.82) is 0 Å². The molecule has 0 aliphatic carbocycles. The summed E-state index contributed by atoms with van der Waals surface area (Å²) >= 11 is 0. The van der Waals surface area contributed by atoms with E-state index in [1.807, 2.05) is 13.8 Å². The largest absolute Gasteiger partial charge is 0.385 e. The summed E-state index contributed by atoms with van der Waals surface area (Å²) in [5.41, 5.74) is 0. The van der Waals surface area contributed by atoms with Crippen LogP contribution in [0.1, 0.15) is 39.5 Å². The van der Waals surface area contributed by atoms with Crippen LogP contribution in [0.4, 0.5) is 0 Å².